The van der Waals surface area contributed by atoms with Gasteiger partial charge in [0.05, 0.1) is 6.54 Å². The number of guanidine groups is 1. The summed E-state index contributed by atoms with van der Waals surface area (Å²) in [7, 11) is 1.79. The van der Waals surface area contributed by atoms with Gasteiger partial charge in [-0.25, -0.2) is 4.98 Å². The molecule has 0 saturated carbocycles. The van der Waals surface area contributed by atoms with E-state index in [1.807, 2.05) is 18.5 Å². The Morgan fingerprint density at radius 3 is 2.77 bits per heavy atom. The number of benzene rings is 1. The number of rotatable bonds is 6. The first-order valence-corrected chi connectivity index (χ1v) is 7.74. The van der Waals surface area contributed by atoms with Gasteiger partial charge in [-0.15, -0.1) is 0 Å². The van der Waals surface area contributed by atoms with Gasteiger partial charge in [-0.2, -0.15) is 0 Å². The molecule has 1 aromatic carbocycles. The van der Waals surface area contributed by atoms with Gasteiger partial charge in [0, 0.05) is 32.0 Å². The highest BCUT2D eigenvalue weighted by molar-refractivity contribution is 5.79. The van der Waals surface area contributed by atoms with Crippen molar-refractivity contribution in [2.24, 2.45) is 4.99 Å². The summed E-state index contributed by atoms with van der Waals surface area (Å²) in [5.41, 5.74) is 1.27. The molecule has 2 aromatic rings. The molecule has 2 N–H and O–H groups in total. The molecule has 0 amide bonds. The van der Waals surface area contributed by atoms with E-state index in [0.29, 0.717) is 12.6 Å². The van der Waals surface area contributed by atoms with Crippen LogP contribution in [0.3, 0.4) is 0 Å². The van der Waals surface area contributed by atoms with E-state index >= 15 is 0 Å². The van der Waals surface area contributed by atoms with Crippen LogP contribution in [0.4, 0.5) is 0 Å². The maximum absolute atomic E-state index is 4.44. The minimum absolute atomic E-state index is 0.398. The van der Waals surface area contributed by atoms with E-state index in [2.05, 4.69) is 63.3 Å². The summed E-state index contributed by atoms with van der Waals surface area (Å²) in [4.78, 5) is 8.68. The largest absolute Gasteiger partial charge is 0.354 e. The molecule has 0 saturated heterocycles. The minimum atomic E-state index is 0.398. The van der Waals surface area contributed by atoms with Crippen molar-refractivity contribution in [1.82, 2.24) is 20.2 Å². The van der Waals surface area contributed by atoms with Crippen LogP contribution in [-0.2, 0) is 13.1 Å². The lowest BCUT2D eigenvalue weighted by atomic mass is 10.2. The SMILES string of the molecule is CCC(C)NC(=NC)NCc1nccn1Cc1ccccc1. The van der Waals surface area contributed by atoms with Crippen molar-refractivity contribution in [2.45, 2.75) is 39.4 Å². The highest BCUT2D eigenvalue weighted by Gasteiger charge is 2.06. The fraction of sp³-hybridized carbons (Fsp3) is 0.412. The van der Waals surface area contributed by atoms with E-state index in [-0.39, 0.29) is 0 Å². The van der Waals surface area contributed by atoms with E-state index in [1.54, 1.807) is 7.05 Å². The van der Waals surface area contributed by atoms with Crippen LogP contribution < -0.4 is 10.6 Å². The predicted octanol–water partition coefficient (Wildman–Crippen LogP) is 2.39. The quantitative estimate of drug-likeness (QED) is 0.636. The van der Waals surface area contributed by atoms with E-state index < -0.39 is 0 Å². The van der Waals surface area contributed by atoms with Crippen molar-refractivity contribution in [3.8, 4) is 0 Å². The summed E-state index contributed by atoms with van der Waals surface area (Å²) in [6.07, 6.45) is 4.91. The number of aliphatic imine (C=N–C) groups is 1. The first-order valence-electron chi connectivity index (χ1n) is 7.74. The molecule has 22 heavy (non-hydrogen) atoms. The van der Waals surface area contributed by atoms with E-state index in [1.165, 1.54) is 5.56 Å². The molecule has 0 bridgehead atoms. The lowest BCUT2D eigenvalue weighted by Crippen LogP contribution is -2.41. The summed E-state index contributed by atoms with van der Waals surface area (Å²) >= 11 is 0. The van der Waals surface area contributed by atoms with Crippen LogP contribution in [0, 0.1) is 0 Å². The number of imidazole rings is 1. The first kappa shape index (κ1) is 16.1. The monoisotopic (exact) mass is 299 g/mol. The summed E-state index contributed by atoms with van der Waals surface area (Å²) in [5.74, 6) is 1.81. The van der Waals surface area contributed by atoms with Gasteiger partial charge >= 0.3 is 0 Å². The number of hydrogen-bond donors (Lipinski definition) is 2. The fourth-order valence-corrected chi connectivity index (χ4v) is 2.12. The minimum Gasteiger partial charge on any atom is -0.354 e. The third-order valence-corrected chi connectivity index (χ3v) is 3.63. The Kier molecular flexibility index (Phi) is 6.01. The molecular weight excluding hydrogens is 274 g/mol. The molecule has 1 unspecified atom stereocenters. The Balaban J connectivity index is 1.95. The highest BCUT2D eigenvalue weighted by Crippen LogP contribution is 2.05. The molecule has 0 aliphatic rings. The van der Waals surface area contributed by atoms with Gasteiger partial charge in [0.25, 0.3) is 0 Å². The van der Waals surface area contributed by atoms with Crippen LogP contribution in [0.2, 0.25) is 0 Å². The molecule has 118 valence electrons. The summed E-state index contributed by atoms with van der Waals surface area (Å²) < 4.78 is 2.15. The van der Waals surface area contributed by atoms with E-state index in [4.69, 9.17) is 0 Å². The Morgan fingerprint density at radius 1 is 1.32 bits per heavy atom. The zero-order chi connectivity index (χ0) is 15.8. The first-order chi connectivity index (χ1) is 10.7. The van der Waals surface area contributed by atoms with Crippen LogP contribution in [0.1, 0.15) is 31.7 Å². The van der Waals surface area contributed by atoms with Gasteiger partial charge in [-0.3, -0.25) is 4.99 Å². The van der Waals surface area contributed by atoms with Gasteiger partial charge < -0.3 is 15.2 Å². The average molecular weight is 299 g/mol. The third-order valence-electron chi connectivity index (χ3n) is 3.63. The highest BCUT2D eigenvalue weighted by atomic mass is 15.2. The molecule has 0 aliphatic carbocycles. The standard InChI is InChI=1S/C17H25N5/c1-4-14(2)21-17(18-3)20-12-16-19-10-11-22(16)13-15-8-6-5-7-9-15/h5-11,14H,4,12-13H2,1-3H3,(H2,18,20,21). The zero-order valence-electron chi connectivity index (χ0n) is 13.6. The van der Waals surface area contributed by atoms with Crippen molar-refractivity contribution in [3.63, 3.8) is 0 Å². The molecular formula is C17H25N5. The molecule has 5 nitrogen and oxygen atoms in total. The van der Waals surface area contributed by atoms with Crippen LogP contribution >= 0.6 is 0 Å². The van der Waals surface area contributed by atoms with Crippen molar-refractivity contribution in [1.29, 1.82) is 0 Å². The van der Waals surface area contributed by atoms with Crippen molar-refractivity contribution >= 4 is 5.96 Å². The maximum atomic E-state index is 4.44. The van der Waals surface area contributed by atoms with Gasteiger partial charge in [0.15, 0.2) is 5.96 Å². The second-order valence-corrected chi connectivity index (χ2v) is 5.34. The molecule has 1 aromatic heterocycles. The van der Waals surface area contributed by atoms with Crippen LogP contribution in [0.15, 0.2) is 47.7 Å². The second kappa shape index (κ2) is 8.22. The van der Waals surface area contributed by atoms with Gasteiger partial charge in [0.2, 0.25) is 0 Å². The fourth-order valence-electron chi connectivity index (χ4n) is 2.12. The number of aromatic nitrogens is 2. The maximum Gasteiger partial charge on any atom is 0.191 e. The molecule has 0 fully saturated rings. The smallest absolute Gasteiger partial charge is 0.191 e. The van der Waals surface area contributed by atoms with E-state index in [9.17, 15) is 0 Å². The lowest BCUT2D eigenvalue weighted by Gasteiger charge is -2.16. The molecule has 1 atom stereocenters. The Morgan fingerprint density at radius 2 is 2.09 bits per heavy atom. The predicted molar refractivity (Wildman–Crippen MR) is 90.9 cm³/mol. The van der Waals surface area contributed by atoms with Crippen LogP contribution in [-0.4, -0.2) is 28.6 Å². The molecule has 0 aliphatic heterocycles. The van der Waals surface area contributed by atoms with E-state index in [0.717, 1.165) is 24.7 Å². The number of nitrogens with one attached hydrogen (secondary N) is 2. The van der Waals surface area contributed by atoms with Gasteiger partial charge in [0.1, 0.15) is 5.82 Å². The Hall–Kier alpha value is -2.30. The van der Waals surface area contributed by atoms with Gasteiger partial charge in [-0.1, -0.05) is 37.3 Å². The topological polar surface area (TPSA) is 54.2 Å². The van der Waals surface area contributed by atoms with Crippen LogP contribution in [0.5, 0.6) is 0 Å². The Labute approximate surface area is 132 Å². The summed E-state index contributed by atoms with van der Waals surface area (Å²) in [6, 6.07) is 10.8. The summed E-state index contributed by atoms with van der Waals surface area (Å²) in [5, 5.41) is 6.67. The molecule has 0 spiro atoms. The number of nitrogens with zero attached hydrogens (tertiary/aromatic N) is 3. The molecule has 2 rings (SSSR count). The zero-order valence-corrected chi connectivity index (χ0v) is 13.6. The second-order valence-electron chi connectivity index (χ2n) is 5.34. The molecule has 5 heteroatoms. The third kappa shape index (κ3) is 4.62. The molecule has 1 heterocycles. The lowest BCUT2D eigenvalue weighted by molar-refractivity contribution is 0.616. The number of hydrogen-bond acceptors (Lipinski definition) is 2. The summed E-state index contributed by atoms with van der Waals surface area (Å²) in [6.45, 7) is 5.77. The van der Waals surface area contributed by atoms with Crippen molar-refractivity contribution in [3.05, 3.63) is 54.1 Å². The average Bonchev–Trinajstić information content (AvgIpc) is 2.99. The molecule has 0 radical (unpaired) electrons. The van der Waals surface area contributed by atoms with Gasteiger partial charge in [-0.05, 0) is 18.9 Å². The van der Waals surface area contributed by atoms with Crippen molar-refractivity contribution in [2.75, 3.05) is 7.05 Å². The normalized spacial score (nSPS) is 13.0. The van der Waals surface area contributed by atoms with Crippen molar-refractivity contribution < 1.29 is 0 Å². The van der Waals surface area contributed by atoms with Crippen LogP contribution in [0.25, 0.3) is 0 Å². The Bertz CT molecular complexity index is 588.